The van der Waals surface area contributed by atoms with E-state index in [4.69, 9.17) is 16.2 Å². The zero-order chi connectivity index (χ0) is 9.84. The first-order valence-corrected chi connectivity index (χ1v) is 4.12. The van der Waals surface area contributed by atoms with Crippen LogP contribution in [-0.2, 0) is 17.9 Å². The fourth-order valence-electron chi connectivity index (χ4n) is 1.20. The molecular weight excluding hydrogens is 202 g/mol. The highest BCUT2D eigenvalue weighted by Gasteiger charge is 2.07. The Kier molecular flexibility index (Phi) is 5.45. The Morgan fingerprint density at radius 3 is 2.64 bits per heavy atom. The molecule has 0 saturated heterocycles. The summed E-state index contributed by atoms with van der Waals surface area (Å²) in [6, 6.07) is 0. The molecule has 0 amide bonds. The second kappa shape index (κ2) is 5.80. The minimum absolute atomic E-state index is 0. The van der Waals surface area contributed by atoms with Gasteiger partial charge in [-0.25, -0.2) is 0 Å². The number of methoxy groups -OCH3 is 1. The van der Waals surface area contributed by atoms with E-state index in [-0.39, 0.29) is 12.4 Å². The first-order valence-electron chi connectivity index (χ1n) is 4.12. The maximum absolute atomic E-state index is 5.85. The molecule has 1 aromatic rings. The molecule has 0 unspecified atom stereocenters. The van der Waals surface area contributed by atoms with E-state index in [1.54, 1.807) is 13.3 Å². The summed E-state index contributed by atoms with van der Waals surface area (Å²) in [4.78, 5) is 4.13. The monoisotopic (exact) mass is 217 g/mol. The molecule has 0 radical (unpaired) electrons. The molecule has 0 atom stereocenters. The van der Waals surface area contributed by atoms with Crippen molar-refractivity contribution in [2.75, 3.05) is 12.8 Å². The van der Waals surface area contributed by atoms with Crippen LogP contribution in [0, 0.1) is 6.92 Å². The Morgan fingerprint density at radius 1 is 1.50 bits per heavy atom. The molecule has 1 aromatic heterocycles. The van der Waals surface area contributed by atoms with Gasteiger partial charge < -0.3 is 16.2 Å². The predicted molar refractivity (Wildman–Crippen MR) is 59.2 cm³/mol. The highest BCUT2D eigenvalue weighted by Crippen LogP contribution is 2.19. The molecule has 4 nitrogen and oxygen atoms in total. The molecule has 0 aliphatic rings. The Morgan fingerprint density at radius 2 is 2.14 bits per heavy atom. The van der Waals surface area contributed by atoms with Crippen molar-refractivity contribution in [3.8, 4) is 0 Å². The summed E-state index contributed by atoms with van der Waals surface area (Å²) in [5.74, 6) is 0. The number of aromatic nitrogens is 1. The van der Waals surface area contributed by atoms with Gasteiger partial charge in [0.2, 0.25) is 0 Å². The molecule has 0 spiro atoms. The molecule has 0 bridgehead atoms. The van der Waals surface area contributed by atoms with E-state index in [9.17, 15) is 0 Å². The minimum atomic E-state index is 0. The van der Waals surface area contributed by atoms with Gasteiger partial charge >= 0.3 is 0 Å². The van der Waals surface area contributed by atoms with Gasteiger partial charge in [-0.2, -0.15) is 0 Å². The van der Waals surface area contributed by atoms with Gasteiger partial charge in [-0.15, -0.1) is 12.4 Å². The van der Waals surface area contributed by atoms with E-state index in [1.807, 2.05) is 6.92 Å². The van der Waals surface area contributed by atoms with E-state index in [1.165, 1.54) is 0 Å². The van der Waals surface area contributed by atoms with Crippen molar-refractivity contribution < 1.29 is 4.74 Å². The summed E-state index contributed by atoms with van der Waals surface area (Å²) in [5.41, 5.74) is 14.8. The van der Waals surface area contributed by atoms with Crippen LogP contribution in [0.15, 0.2) is 6.20 Å². The van der Waals surface area contributed by atoms with Crippen LogP contribution in [0.25, 0.3) is 0 Å². The summed E-state index contributed by atoms with van der Waals surface area (Å²) in [5, 5.41) is 0. The highest BCUT2D eigenvalue weighted by atomic mass is 35.5. The summed E-state index contributed by atoms with van der Waals surface area (Å²) < 4.78 is 5.04. The first kappa shape index (κ1) is 13.2. The number of anilines is 1. The van der Waals surface area contributed by atoms with Crippen LogP contribution in [0.4, 0.5) is 5.69 Å². The molecule has 0 saturated carbocycles. The number of rotatable bonds is 3. The number of pyridine rings is 1. The number of ether oxygens (including phenoxy) is 1. The van der Waals surface area contributed by atoms with Gasteiger partial charge in [-0.3, -0.25) is 4.98 Å². The van der Waals surface area contributed by atoms with Crippen molar-refractivity contribution in [2.45, 2.75) is 20.1 Å². The van der Waals surface area contributed by atoms with Crippen LogP contribution in [-0.4, -0.2) is 12.1 Å². The normalized spacial score (nSPS) is 9.64. The molecule has 80 valence electrons. The van der Waals surface area contributed by atoms with E-state index < -0.39 is 0 Å². The highest BCUT2D eigenvalue weighted by molar-refractivity contribution is 5.85. The van der Waals surface area contributed by atoms with Crippen LogP contribution in [0.1, 0.15) is 16.8 Å². The second-order valence-electron chi connectivity index (χ2n) is 2.90. The maximum Gasteiger partial charge on any atom is 0.0737 e. The van der Waals surface area contributed by atoms with Crippen LogP contribution < -0.4 is 11.5 Å². The largest absolute Gasteiger partial charge is 0.397 e. The Bertz CT molecular complexity index is 304. The van der Waals surface area contributed by atoms with Crippen molar-refractivity contribution >= 4 is 18.1 Å². The fraction of sp³-hybridized carbons (Fsp3) is 0.444. The summed E-state index contributed by atoms with van der Waals surface area (Å²) in [6.45, 7) is 2.80. The number of aryl methyl sites for hydroxylation is 1. The lowest BCUT2D eigenvalue weighted by Crippen LogP contribution is -2.08. The second-order valence-corrected chi connectivity index (χ2v) is 2.90. The molecule has 0 fully saturated rings. The zero-order valence-corrected chi connectivity index (χ0v) is 9.23. The molecule has 0 aliphatic carbocycles. The quantitative estimate of drug-likeness (QED) is 0.792. The maximum atomic E-state index is 5.85. The lowest BCUT2D eigenvalue weighted by atomic mass is 10.1. The SMILES string of the molecule is COCc1c(CN)cnc(C)c1N.Cl. The third-order valence-electron chi connectivity index (χ3n) is 2.03. The minimum Gasteiger partial charge on any atom is -0.397 e. The summed E-state index contributed by atoms with van der Waals surface area (Å²) in [7, 11) is 1.63. The molecule has 5 heteroatoms. The number of hydrogen-bond acceptors (Lipinski definition) is 4. The number of nitrogens with zero attached hydrogens (tertiary/aromatic N) is 1. The van der Waals surface area contributed by atoms with Crippen molar-refractivity contribution in [3.05, 3.63) is 23.0 Å². The van der Waals surface area contributed by atoms with Gasteiger partial charge in [-0.05, 0) is 12.5 Å². The lowest BCUT2D eigenvalue weighted by Gasteiger charge is -2.11. The predicted octanol–water partition coefficient (Wildman–Crippen LogP) is 0.999. The number of halogens is 1. The molecule has 0 aliphatic heterocycles. The Balaban J connectivity index is 0.00000169. The van der Waals surface area contributed by atoms with Gasteiger partial charge in [0.15, 0.2) is 0 Å². The molecule has 0 aromatic carbocycles. The Labute approximate surface area is 90.1 Å². The Hall–Kier alpha value is -0.840. The summed E-state index contributed by atoms with van der Waals surface area (Å²) >= 11 is 0. The van der Waals surface area contributed by atoms with Crippen LogP contribution in [0.5, 0.6) is 0 Å². The van der Waals surface area contributed by atoms with Crippen molar-refractivity contribution in [3.63, 3.8) is 0 Å². The van der Waals surface area contributed by atoms with Gasteiger partial charge in [0.05, 0.1) is 18.0 Å². The third-order valence-corrected chi connectivity index (χ3v) is 2.03. The smallest absolute Gasteiger partial charge is 0.0737 e. The average Bonchev–Trinajstić information content (AvgIpc) is 2.14. The molecular formula is C9H16ClN3O. The standard InChI is InChI=1S/C9H15N3O.ClH/c1-6-9(11)8(5-13-2)7(3-10)4-12-6;/h4H,3,5,10-11H2,1-2H3;1H. The van der Waals surface area contributed by atoms with Gasteiger partial charge in [0.25, 0.3) is 0 Å². The van der Waals surface area contributed by atoms with Gasteiger partial charge in [0, 0.05) is 25.4 Å². The average molecular weight is 218 g/mol. The summed E-state index contributed by atoms with van der Waals surface area (Å²) in [6.07, 6.45) is 1.75. The third kappa shape index (κ3) is 2.57. The topological polar surface area (TPSA) is 74.2 Å². The fourth-order valence-corrected chi connectivity index (χ4v) is 1.20. The van der Waals surface area contributed by atoms with Gasteiger partial charge in [-0.1, -0.05) is 0 Å². The zero-order valence-electron chi connectivity index (χ0n) is 8.41. The van der Waals surface area contributed by atoms with E-state index in [0.29, 0.717) is 18.8 Å². The first-order chi connectivity index (χ1) is 6.20. The number of nitrogen functional groups attached to an aromatic ring is 1. The number of hydrogen-bond donors (Lipinski definition) is 2. The van der Waals surface area contributed by atoms with E-state index in [2.05, 4.69) is 4.98 Å². The van der Waals surface area contributed by atoms with Crippen molar-refractivity contribution in [1.29, 1.82) is 0 Å². The molecule has 1 rings (SSSR count). The molecule has 4 N–H and O–H groups in total. The van der Waals surface area contributed by atoms with E-state index in [0.717, 1.165) is 16.8 Å². The lowest BCUT2D eigenvalue weighted by molar-refractivity contribution is 0.184. The van der Waals surface area contributed by atoms with Crippen LogP contribution in [0.2, 0.25) is 0 Å². The van der Waals surface area contributed by atoms with Crippen LogP contribution >= 0.6 is 12.4 Å². The van der Waals surface area contributed by atoms with Crippen molar-refractivity contribution in [1.82, 2.24) is 4.98 Å². The van der Waals surface area contributed by atoms with Gasteiger partial charge in [0.1, 0.15) is 0 Å². The molecule has 14 heavy (non-hydrogen) atoms. The molecule has 1 heterocycles. The van der Waals surface area contributed by atoms with Crippen molar-refractivity contribution in [2.24, 2.45) is 5.73 Å². The van der Waals surface area contributed by atoms with Crippen LogP contribution in [0.3, 0.4) is 0 Å². The number of nitrogens with two attached hydrogens (primary N) is 2. The van der Waals surface area contributed by atoms with E-state index >= 15 is 0 Å².